The molecule has 0 saturated heterocycles. The molecule has 0 bridgehead atoms. The van der Waals surface area contributed by atoms with Crippen LogP contribution < -0.4 is 4.90 Å². The second kappa shape index (κ2) is 13.2. The first-order chi connectivity index (χ1) is 29.5. The van der Waals surface area contributed by atoms with Crippen LogP contribution in [-0.2, 0) is 5.41 Å². The van der Waals surface area contributed by atoms with Gasteiger partial charge in [0.2, 0.25) is 0 Å². The van der Waals surface area contributed by atoms with E-state index in [0.717, 1.165) is 77.6 Å². The highest BCUT2D eigenvalue weighted by Gasteiger charge is 2.36. The van der Waals surface area contributed by atoms with Crippen molar-refractivity contribution in [1.29, 1.82) is 0 Å². The Balaban J connectivity index is 1.07. The predicted octanol–water partition coefficient (Wildman–Crippen LogP) is 16.3. The van der Waals surface area contributed by atoms with Gasteiger partial charge in [-0.2, -0.15) is 0 Å². The maximum Gasteiger partial charge on any atom is 0.144 e. The van der Waals surface area contributed by atoms with Crippen LogP contribution in [0.3, 0.4) is 0 Å². The summed E-state index contributed by atoms with van der Waals surface area (Å²) in [6.07, 6.45) is 0. The molecule has 3 nitrogen and oxygen atoms in total. The second-order valence-corrected chi connectivity index (χ2v) is 16.5. The summed E-state index contributed by atoms with van der Waals surface area (Å²) in [6, 6.07) is 71.7. The Morgan fingerprint density at radius 1 is 0.367 bits per heavy atom. The van der Waals surface area contributed by atoms with Crippen LogP contribution in [0.15, 0.2) is 209 Å². The molecule has 12 rings (SSSR count). The quantitative estimate of drug-likeness (QED) is 0.169. The van der Waals surface area contributed by atoms with Crippen LogP contribution in [0.25, 0.3) is 88.4 Å². The van der Waals surface area contributed by atoms with Gasteiger partial charge in [0, 0.05) is 55.7 Å². The third kappa shape index (κ3) is 5.29. The first-order valence-corrected chi connectivity index (χ1v) is 20.7. The summed E-state index contributed by atoms with van der Waals surface area (Å²) in [5.41, 5.74) is 18.5. The number of anilines is 3. The van der Waals surface area contributed by atoms with Gasteiger partial charge in [-0.3, -0.25) is 0 Å². The standard InChI is InChI=1S/C57H39NO2/c1-57(2)49-22-11-9-20-44(49)45-30-28-42(33-50(45)57)58(41-26-24-38(25-27-41)36-14-5-3-6-15-36)43-29-31-46-48-35-53-55(47-21-10-12-23-51(47)59-53)54(56(48)60-52(46)34-43)40-19-13-18-39(32-40)37-16-7-4-8-17-37/h3-35H,1-2H3. The van der Waals surface area contributed by atoms with Crippen molar-refractivity contribution >= 4 is 60.9 Å². The molecule has 0 atom stereocenters. The van der Waals surface area contributed by atoms with E-state index in [0.29, 0.717) is 0 Å². The number of nitrogens with zero attached hydrogens (tertiary/aromatic N) is 1. The summed E-state index contributed by atoms with van der Waals surface area (Å²) >= 11 is 0. The van der Waals surface area contributed by atoms with Crippen molar-refractivity contribution in [2.24, 2.45) is 0 Å². The molecule has 2 aromatic heterocycles. The van der Waals surface area contributed by atoms with Gasteiger partial charge in [0.1, 0.15) is 22.3 Å². The number of rotatable bonds is 6. The van der Waals surface area contributed by atoms with Crippen LogP contribution in [-0.4, -0.2) is 0 Å². The van der Waals surface area contributed by atoms with Crippen molar-refractivity contribution in [2.75, 3.05) is 4.90 Å². The monoisotopic (exact) mass is 769 g/mol. The maximum atomic E-state index is 7.13. The summed E-state index contributed by atoms with van der Waals surface area (Å²) < 4.78 is 13.7. The highest BCUT2D eigenvalue weighted by molar-refractivity contribution is 6.23. The molecule has 11 aromatic rings. The fourth-order valence-corrected chi connectivity index (χ4v) is 9.71. The van der Waals surface area contributed by atoms with Crippen molar-refractivity contribution in [3.63, 3.8) is 0 Å². The van der Waals surface area contributed by atoms with Gasteiger partial charge in [-0.15, -0.1) is 0 Å². The molecule has 0 unspecified atom stereocenters. The van der Waals surface area contributed by atoms with Crippen LogP contribution in [0.4, 0.5) is 17.1 Å². The SMILES string of the molecule is CC1(C)c2ccccc2-c2ccc(N(c3ccc(-c4ccccc4)cc3)c3ccc4c(c3)oc3c(-c5cccc(-c6ccccc6)c5)c5c(cc34)oc3ccccc35)cc21. The van der Waals surface area contributed by atoms with Gasteiger partial charge < -0.3 is 13.7 Å². The molecule has 0 N–H and O–H groups in total. The number of benzene rings is 9. The van der Waals surface area contributed by atoms with E-state index in [1.165, 1.54) is 38.9 Å². The Kier molecular flexibility index (Phi) is 7.58. The lowest BCUT2D eigenvalue weighted by Gasteiger charge is -2.28. The first kappa shape index (κ1) is 34.4. The fraction of sp³-hybridized carbons (Fsp3) is 0.0526. The van der Waals surface area contributed by atoms with E-state index >= 15 is 0 Å². The van der Waals surface area contributed by atoms with Gasteiger partial charge in [-0.25, -0.2) is 0 Å². The zero-order chi connectivity index (χ0) is 40.0. The molecule has 0 radical (unpaired) electrons. The molecule has 1 aliphatic carbocycles. The van der Waals surface area contributed by atoms with E-state index in [2.05, 4.69) is 207 Å². The van der Waals surface area contributed by atoms with Crippen molar-refractivity contribution in [3.8, 4) is 44.5 Å². The molecule has 60 heavy (non-hydrogen) atoms. The fourth-order valence-electron chi connectivity index (χ4n) is 9.71. The highest BCUT2D eigenvalue weighted by atomic mass is 16.3. The summed E-state index contributed by atoms with van der Waals surface area (Å²) in [5.74, 6) is 0. The normalized spacial score (nSPS) is 13.0. The minimum Gasteiger partial charge on any atom is -0.456 e. The lowest BCUT2D eigenvalue weighted by Crippen LogP contribution is -2.16. The third-order valence-electron chi connectivity index (χ3n) is 12.7. The van der Waals surface area contributed by atoms with Gasteiger partial charge >= 0.3 is 0 Å². The maximum absolute atomic E-state index is 7.13. The molecule has 2 heterocycles. The van der Waals surface area contributed by atoms with Gasteiger partial charge in [0.25, 0.3) is 0 Å². The molecular formula is C57H39NO2. The molecule has 0 aliphatic heterocycles. The Bertz CT molecular complexity index is 3450. The van der Waals surface area contributed by atoms with Gasteiger partial charge in [-0.1, -0.05) is 153 Å². The topological polar surface area (TPSA) is 29.5 Å². The minimum atomic E-state index is -0.136. The van der Waals surface area contributed by atoms with Crippen molar-refractivity contribution in [2.45, 2.75) is 19.3 Å². The molecule has 0 fully saturated rings. The Morgan fingerprint density at radius 3 is 1.80 bits per heavy atom. The minimum absolute atomic E-state index is 0.136. The molecule has 9 aromatic carbocycles. The van der Waals surface area contributed by atoms with Crippen LogP contribution in [0.2, 0.25) is 0 Å². The summed E-state index contributed by atoms with van der Waals surface area (Å²) in [5, 5.41) is 4.20. The van der Waals surface area contributed by atoms with E-state index in [1.54, 1.807) is 0 Å². The summed E-state index contributed by atoms with van der Waals surface area (Å²) in [4.78, 5) is 2.37. The Labute approximate surface area is 348 Å². The van der Waals surface area contributed by atoms with Crippen molar-refractivity contribution < 1.29 is 8.83 Å². The predicted molar refractivity (Wildman–Crippen MR) is 250 cm³/mol. The van der Waals surface area contributed by atoms with Crippen molar-refractivity contribution in [3.05, 3.63) is 211 Å². The zero-order valence-corrected chi connectivity index (χ0v) is 33.3. The molecule has 1 aliphatic rings. The molecule has 3 heteroatoms. The first-order valence-electron chi connectivity index (χ1n) is 20.7. The van der Waals surface area contributed by atoms with E-state index in [1.807, 2.05) is 12.1 Å². The van der Waals surface area contributed by atoms with E-state index in [-0.39, 0.29) is 5.41 Å². The number of furan rings is 2. The van der Waals surface area contributed by atoms with E-state index in [4.69, 9.17) is 8.83 Å². The van der Waals surface area contributed by atoms with Crippen LogP contribution in [0.5, 0.6) is 0 Å². The van der Waals surface area contributed by atoms with Crippen molar-refractivity contribution in [1.82, 2.24) is 0 Å². The van der Waals surface area contributed by atoms with E-state index < -0.39 is 0 Å². The number of fused-ring (bicyclic) bond motifs is 9. The van der Waals surface area contributed by atoms with Crippen LogP contribution >= 0.6 is 0 Å². The highest BCUT2D eigenvalue weighted by Crippen LogP contribution is 2.51. The van der Waals surface area contributed by atoms with Crippen LogP contribution in [0.1, 0.15) is 25.0 Å². The Morgan fingerprint density at radius 2 is 0.983 bits per heavy atom. The lowest BCUT2D eigenvalue weighted by atomic mass is 9.82. The van der Waals surface area contributed by atoms with Crippen LogP contribution in [0, 0.1) is 0 Å². The molecule has 284 valence electrons. The average Bonchev–Trinajstić information content (AvgIpc) is 3.93. The smallest absolute Gasteiger partial charge is 0.144 e. The molecule has 0 amide bonds. The largest absolute Gasteiger partial charge is 0.456 e. The lowest BCUT2D eigenvalue weighted by molar-refractivity contribution is 0.660. The number of hydrogen-bond acceptors (Lipinski definition) is 3. The third-order valence-corrected chi connectivity index (χ3v) is 12.7. The Hall–Kier alpha value is -7.62. The second-order valence-electron chi connectivity index (χ2n) is 16.5. The zero-order valence-electron chi connectivity index (χ0n) is 33.3. The molecule has 0 spiro atoms. The summed E-state index contributed by atoms with van der Waals surface area (Å²) in [7, 11) is 0. The summed E-state index contributed by atoms with van der Waals surface area (Å²) in [6.45, 7) is 4.68. The van der Waals surface area contributed by atoms with Gasteiger partial charge in [-0.05, 0) is 105 Å². The van der Waals surface area contributed by atoms with Gasteiger partial charge in [0.15, 0.2) is 0 Å². The van der Waals surface area contributed by atoms with Gasteiger partial charge in [0.05, 0.1) is 0 Å². The molecular weight excluding hydrogens is 731 g/mol. The number of para-hydroxylation sites is 1. The number of hydrogen-bond donors (Lipinski definition) is 0. The average molecular weight is 770 g/mol. The molecule has 0 saturated carbocycles. The van der Waals surface area contributed by atoms with E-state index in [9.17, 15) is 0 Å².